The lowest BCUT2D eigenvalue weighted by atomic mass is 10.1. The number of urea groups is 1. The van der Waals surface area contributed by atoms with Crippen LogP contribution in [-0.2, 0) is 16.1 Å². The molecule has 1 atom stereocenters. The Kier molecular flexibility index (Phi) is 6.12. The molecule has 0 spiro atoms. The maximum absolute atomic E-state index is 11.9. The van der Waals surface area contributed by atoms with Gasteiger partial charge in [0.1, 0.15) is 6.04 Å². The molecule has 0 aromatic carbocycles. The zero-order valence-corrected chi connectivity index (χ0v) is 11.7. The summed E-state index contributed by atoms with van der Waals surface area (Å²) in [7, 11) is 1.54. The summed E-state index contributed by atoms with van der Waals surface area (Å²) >= 11 is 0. The van der Waals surface area contributed by atoms with Crippen molar-refractivity contribution in [2.75, 3.05) is 7.05 Å². The third-order valence-corrected chi connectivity index (χ3v) is 2.76. The van der Waals surface area contributed by atoms with Crippen molar-refractivity contribution in [2.45, 2.75) is 25.4 Å². The first kappa shape index (κ1) is 16.4. The van der Waals surface area contributed by atoms with Crippen LogP contribution in [-0.4, -0.2) is 46.0 Å². The molecule has 8 heteroatoms. The monoisotopic (exact) mass is 294 g/mol. The number of carboxylic acids is 1. The van der Waals surface area contributed by atoms with Crippen LogP contribution in [0.15, 0.2) is 24.5 Å². The number of aromatic nitrogens is 1. The molecule has 0 unspecified atom stereocenters. The SMILES string of the molecule is CN(Cc1cccnc1)C(=O)N[C@@H](CCC(N)=O)C(=O)O. The minimum Gasteiger partial charge on any atom is -0.480 e. The van der Waals surface area contributed by atoms with E-state index in [4.69, 9.17) is 10.8 Å². The van der Waals surface area contributed by atoms with Crippen LogP contribution in [0.3, 0.4) is 0 Å². The molecule has 1 aromatic rings. The molecule has 4 N–H and O–H groups in total. The summed E-state index contributed by atoms with van der Waals surface area (Å²) in [6, 6.07) is 1.85. The molecule has 1 aromatic heterocycles. The number of nitrogens with zero attached hydrogens (tertiary/aromatic N) is 2. The van der Waals surface area contributed by atoms with E-state index in [-0.39, 0.29) is 12.8 Å². The highest BCUT2D eigenvalue weighted by Gasteiger charge is 2.22. The normalized spacial score (nSPS) is 11.5. The van der Waals surface area contributed by atoms with Gasteiger partial charge in [-0.3, -0.25) is 9.78 Å². The fourth-order valence-electron chi connectivity index (χ4n) is 1.64. The van der Waals surface area contributed by atoms with E-state index in [9.17, 15) is 14.4 Å². The first-order valence-electron chi connectivity index (χ1n) is 6.31. The molecule has 0 aliphatic heterocycles. The number of aliphatic carboxylic acids is 1. The highest BCUT2D eigenvalue weighted by Crippen LogP contribution is 2.03. The summed E-state index contributed by atoms with van der Waals surface area (Å²) in [4.78, 5) is 38.9. The maximum Gasteiger partial charge on any atom is 0.326 e. The average molecular weight is 294 g/mol. The smallest absolute Gasteiger partial charge is 0.326 e. The van der Waals surface area contributed by atoms with Crippen LogP contribution < -0.4 is 11.1 Å². The quantitative estimate of drug-likeness (QED) is 0.649. The summed E-state index contributed by atoms with van der Waals surface area (Å²) in [5.74, 6) is -1.82. The minimum atomic E-state index is -1.21. The van der Waals surface area contributed by atoms with Gasteiger partial charge in [-0.15, -0.1) is 0 Å². The Morgan fingerprint density at radius 1 is 1.48 bits per heavy atom. The van der Waals surface area contributed by atoms with Crippen LogP contribution in [0.5, 0.6) is 0 Å². The molecule has 0 bridgehead atoms. The minimum absolute atomic E-state index is 0.0445. The fourth-order valence-corrected chi connectivity index (χ4v) is 1.64. The predicted molar refractivity (Wildman–Crippen MR) is 74.1 cm³/mol. The number of hydrogen-bond acceptors (Lipinski definition) is 4. The third-order valence-electron chi connectivity index (χ3n) is 2.76. The Morgan fingerprint density at radius 2 is 2.19 bits per heavy atom. The van der Waals surface area contributed by atoms with Crippen molar-refractivity contribution < 1.29 is 19.5 Å². The van der Waals surface area contributed by atoms with E-state index in [2.05, 4.69) is 10.3 Å². The number of nitrogens with one attached hydrogen (secondary N) is 1. The molecule has 0 fully saturated rings. The topological polar surface area (TPSA) is 126 Å². The van der Waals surface area contributed by atoms with E-state index in [1.807, 2.05) is 0 Å². The van der Waals surface area contributed by atoms with Crippen LogP contribution in [0.25, 0.3) is 0 Å². The number of carbonyl (C=O) groups excluding carboxylic acids is 2. The van der Waals surface area contributed by atoms with Gasteiger partial charge in [0.2, 0.25) is 5.91 Å². The maximum atomic E-state index is 11.9. The van der Waals surface area contributed by atoms with Gasteiger partial charge in [0.25, 0.3) is 0 Å². The Bertz CT molecular complexity index is 506. The largest absolute Gasteiger partial charge is 0.480 e. The van der Waals surface area contributed by atoms with Crippen molar-refractivity contribution in [1.29, 1.82) is 0 Å². The van der Waals surface area contributed by atoms with Crippen LogP contribution in [0.1, 0.15) is 18.4 Å². The highest BCUT2D eigenvalue weighted by molar-refractivity contribution is 5.83. The molecule has 8 nitrogen and oxygen atoms in total. The molecule has 0 radical (unpaired) electrons. The molecule has 0 aliphatic carbocycles. The molecule has 1 heterocycles. The molecular weight excluding hydrogens is 276 g/mol. The summed E-state index contributed by atoms with van der Waals surface area (Å²) in [5, 5.41) is 11.4. The second-order valence-electron chi connectivity index (χ2n) is 4.56. The van der Waals surface area contributed by atoms with Gasteiger partial charge in [-0.1, -0.05) is 6.07 Å². The first-order chi connectivity index (χ1) is 9.90. The summed E-state index contributed by atoms with van der Waals surface area (Å²) < 4.78 is 0. The van der Waals surface area contributed by atoms with E-state index in [1.165, 1.54) is 11.9 Å². The molecule has 0 saturated heterocycles. The number of hydrogen-bond donors (Lipinski definition) is 3. The average Bonchev–Trinajstić information content (AvgIpc) is 2.43. The van der Waals surface area contributed by atoms with Crippen molar-refractivity contribution >= 4 is 17.9 Å². The summed E-state index contributed by atoms with van der Waals surface area (Å²) in [6.45, 7) is 0.293. The zero-order chi connectivity index (χ0) is 15.8. The van der Waals surface area contributed by atoms with Crippen molar-refractivity contribution in [3.05, 3.63) is 30.1 Å². The Balaban J connectivity index is 2.56. The third kappa shape index (κ3) is 5.89. The van der Waals surface area contributed by atoms with Gasteiger partial charge < -0.3 is 21.1 Å². The Morgan fingerprint density at radius 3 is 2.71 bits per heavy atom. The second kappa shape index (κ2) is 7.83. The Labute approximate surface area is 121 Å². The van der Waals surface area contributed by atoms with Gasteiger partial charge in [-0.2, -0.15) is 0 Å². The number of rotatable bonds is 7. The molecule has 21 heavy (non-hydrogen) atoms. The lowest BCUT2D eigenvalue weighted by molar-refractivity contribution is -0.139. The number of carbonyl (C=O) groups is 3. The van der Waals surface area contributed by atoms with Crippen molar-refractivity contribution in [3.8, 4) is 0 Å². The van der Waals surface area contributed by atoms with Crippen LogP contribution in [0, 0.1) is 0 Å². The van der Waals surface area contributed by atoms with E-state index in [1.54, 1.807) is 24.5 Å². The molecule has 114 valence electrons. The number of pyridine rings is 1. The first-order valence-corrected chi connectivity index (χ1v) is 6.31. The van der Waals surface area contributed by atoms with Gasteiger partial charge in [0.05, 0.1) is 0 Å². The van der Waals surface area contributed by atoms with Gasteiger partial charge >= 0.3 is 12.0 Å². The lowest BCUT2D eigenvalue weighted by Crippen LogP contribution is -2.46. The van der Waals surface area contributed by atoms with E-state index in [0.717, 1.165) is 5.56 Å². The number of primary amides is 1. The zero-order valence-electron chi connectivity index (χ0n) is 11.7. The number of nitrogens with two attached hydrogens (primary N) is 1. The van der Waals surface area contributed by atoms with Gasteiger partial charge in [0.15, 0.2) is 0 Å². The van der Waals surface area contributed by atoms with Gasteiger partial charge in [-0.25, -0.2) is 9.59 Å². The molecule has 1 rings (SSSR count). The van der Waals surface area contributed by atoms with E-state index in [0.29, 0.717) is 6.54 Å². The van der Waals surface area contributed by atoms with Crippen LogP contribution in [0.2, 0.25) is 0 Å². The van der Waals surface area contributed by atoms with Gasteiger partial charge in [-0.05, 0) is 18.1 Å². The standard InChI is InChI=1S/C13H18N4O4/c1-17(8-9-3-2-6-15-7-9)13(21)16-10(12(19)20)4-5-11(14)18/h2-3,6-7,10H,4-5,8H2,1H3,(H2,14,18)(H,16,21)(H,19,20)/t10-/m0/s1. The van der Waals surface area contributed by atoms with Crippen molar-refractivity contribution in [3.63, 3.8) is 0 Å². The molecular formula is C13H18N4O4. The predicted octanol–water partition coefficient (Wildman–Crippen LogP) is -0.0583. The highest BCUT2D eigenvalue weighted by atomic mass is 16.4. The van der Waals surface area contributed by atoms with Crippen molar-refractivity contribution in [1.82, 2.24) is 15.2 Å². The second-order valence-corrected chi connectivity index (χ2v) is 4.56. The van der Waals surface area contributed by atoms with E-state index >= 15 is 0 Å². The van der Waals surface area contributed by atoms with E-state index < -0.39 is 23.9 Å². The molecule has 0 saturated carbocycles. The molecule has 3 amide bonds. The fraction of sp³-hybridized carbons (Fsp3) is 0.385. The van der Waals surface area contributed by atoms with Crippen LogP contribution in [0.4, 0.5) is 4.79 Å². The lowest BCUT2D eigenvalue weighted by Gasteiger charge is -2.21. The summed E-state index contributed by atoms with van der Waals surface area (Å²) in [5.41, 5.74) is 5.79. The van der Waals surface area contributed by atoms with Crippen molar-refractivity contribution in [2.24, 2.45) is 5.73 Å². The van der Waals surface area contributed by atoms with Crippen LogP contribution >= 0.6 is 0 Å². The number of carboxylic acid groups (broad SMARTS) is 1. The molecule has 0 aliphatic rings. The summed E-state index contributed by atoms with van der Waals surface area (Å²) in [6.07, 6.45) is 3.08. The van der Waals surface area contributed by atoms with Gasteiger partial charge in [0, 0.05) is 32.4 Å². The number of amides is 3. The Hall–Kier alpha value is -2.64.